The Labute approximate surface area is 141 Å². The first-order valence-electron chi connectivity index (χ1n) is 7.53. The second-order valence-corrected chi connectivity index (χ2v) is 7.42. The van der Waals surface area contributed by atoms with E-state index in [9.17, 15) is 4.79 Å². The Balaban J connectivity index is 1.66. The van der Waals surface area contributed by atoms with Gasteiger partial charge in [0.15, 0.2) is 0 Å². The van der Waals surface area contributed by atoms with Crippen molar-refractivity contribution in [1.29, 1.82) is 0 Å². The molecule has 3 aromatic rings. The molecule has 0 spiro atoms. The standard InChI is InChI=1S/C15H16N4O2S2/c20-13-5-6-16-14-19(13)17-15(23-14)18(9-11-3-1-7-21-11)10-12-4-2-8-22-12/h2,4-6,8,11H,1,3,7,9-10H2. The van der Waals surface area contributed by atoms with Gasteiger partial charge >= 0.3 is 0 Å². The van der Waals surface area contributed by atoms with Gasteiger partial charge in [0.05, 0.1) is 12.6 Å². The van der Waals surface area contributed by atoms with Crippen molar-refractivity contribution in [1.82, 2.24) is 14.6 Å². The molecule has 0 N–H and O–H groups in total. The van der Waals surface area contributed by atoms with Gasteiger partial charge in [0.2, 0.25) is 10.1 Å². The SMILES string of the molecule is O=c1ccnc2sc(N(Cc3cccs3)CC3CCCO3)nn12. The van der Waals surface area contributed by atoms with E-state index in [4.69, 9.17) is 4.74 Å². The number of hydrogen-bond acceptors (Lipinski definition) is 7. The van der Waals surface area contributed by atoms with Crippen LogP contribution in [-0.4, -0.2) is 33.9 Å². The zero-order valence-corrected chi connectivity index (χ0v) is 14.1. The first-order valence-corrected chi connectivity index (χ1v) is 9.23. The van der Waals surface area contributed by atoms with Crippen molar-refractivity contribution in [2.45, 2.75) is 25.5 Å². The average molecular weight is 348 g/mol. The molecule has 0 saturated carbocycles. The van der Waals surface area contributed by atoms with Crippen LogP contribution >= 0.6 is 22.7 Å². The van der Waals surface area contributed by atoms with E-state index in [0.717, 1.165) is 37.7 Å². The van der Waals surface area contributed by atoms with E-state index in [0.29, 0.717) is 4.96 Å². The van der Waals surface area contributed by atoms with Gasteiger partial charge in [0, 0.05) is 30.3 Å². The minimum Gasteiger partial charge on any atom is -0.376 e. The molecule has 0 amide bonds. The van der Waals surface area contributed by atoms with Crippen molar-refractivity contribution in [2.24, 2.45) is 0 Å². The first-order chi connectivity index (χ1) is 11.3. The van der Waals surface area contributed by atoms with Gasteiger partial charge in [0.25, 0.3) is 5.56 Å². The van der Waals surface area contributed by atoms with E-state index in [1.807, 2.05) is 0 Å². The minimum absolute atomic E-state index is 0.148. The molecule has 120 valence electrons. The molecule has 1 fully saturated rings. The lowest BCUT2D eigenvalue weighted by Gasteiger charge is -2.23. The van der Waals surface area contributed by atoms with Crippen LogP contribution in [0.25, 0.3) is 4.96 Å². The predicted octanol–water partition coefficient (Wildman–Crippen LogP) is 2.40. The van der Waals surface area contributed by atoms with Crippen LogP contribution in [0, 0.1) is 0 Å². The highest BCUT2D eigenvalue weighted by molar-refractivity contribution is 7.20. The van der Waals surface area contributed by atoms with E-state index in [1.165, 1.54) is 33.0 Å². The fourth-order valence-electron chi connectivity index (χ4n) is 2.70. The summed E-state index contributed by atoms with van der Waals surface area (Å²) in [4.78, 5) is 20.2. The Morgan fingerprint density at radius 2 is 2.39 bits per heavy atom. The Morgan fingerprint density at radius 1 is 1.43 bits per heavy atom. The van der Waals surface area contributed by atoms with Crippen LogP contribution in [0.4, 0.5) is 5.13 Å². The van der Waals surface area contributed by atoms with E-state index < -0.39 is 0 Å². The molecule has 4 rings (SSSR count). The van der Waals surface area contributed by atoms with Gasteiger partial charge in [0.1, 0.15) is 0 Å². The molecule has 8 heteroatoms. The van der Waals surface area contributed by atoms with Gasteiger partial charge in [-0.3, -0.25) is 4.79 Å². The molecule has 1 aliphatic rings. The monoisotopic (exact) mass is 348 g/mol. The highest BCUT2D eigenvalue weighted by Crippen LogP contribution is 2.26. The topological polar surface area (TPSA) is 59.7 Å². The maximum atomic E-state index is 11.9. The largest absolute Gasteiger partial charge is 0.376 e. The zero-order valence-electron chi connectivity index (χ0n) is 12.4. The molecular weight excluding hydrogens is 332 g/mol. The molecule has 3 aromatic heterocycles. The van der Waals surface area contributed by atoms with Gasteiger partial charge in [-0.15, -0.1) is 16.4 Å². The Hall–Kier alpha value is -1.77. The number of fused-ring (bicyclic) bond motifs is 1. The van der Waals surface area contributed by atoms with Crippen LogP contribution in [0.5, 0.6) is 0 Å². The van der Waals surface area contributed by atoms with Crippen LogP contribution in [-0.2, 0) is 11.3 Å². The van der Waals surface area contributed by atoms with Crippen LogP contribution in [0.1, 0.15) is 17.7 Å². The molecule has 1 saturated heterocycles. The third-order valence-corrected chi connectivity index (χ3v) is 5.65. The van der Waals surface area contributed by atoms with Crippen molar-refractivity contribution in [3.8, 4) is 0 Å². The van der Waals surface area contributed by atoms with Crippen LogP contribution < -0.4 is 10.5 Å². The maximum absolute atomic E-state index is 11.9. The van der Waals surface area contributed by atoms with Crippen LogP contribution in [0.3, 0.4) is 0 Å². The van der Waals surface area contributed by atoms with E-state index >= 15 is 0 Å². The number of hydrogen-bond donors (Lipinski definition) is 0. The van der Waals surface area contributed by atoms with Crippen LogP contribution in [0.2, 0.25) is 0 Å². The van der Waals surface area contributed by atoms with Gasteiger partial charge < -0.3 is 9.64 Å². The lowest BCUT2D eigenvalue weighted by molar-refractivity contribution is 0.115. The van der Waals surface area contributed by atoms with Crippen molar-refractivity contribution >= 4 is 32.8 Å². The van der Waals surface area contributed by atoms with Gasteiger partial charge in [-0.05, 0) is 24.3 Å². The quantitative estimate of drug-likeness (QED) is 0.709. The second kappa shape index (κ2) is 6.38. The average Bonchev–Trinajstić information content (AvgIpc) is 3.28. The van der Waals surface area contributed by atoms with Gasteiger partial charge in [-0.1, -0.05) is 17.4 Å². The molecule has 0 bridgehead atoms. The highest BCUT2D eigenvalue weighted by Gasteiger charge is 2.22. The van der Waals surface area contributed by atoms with Gasteiger partial charge in [-0.2, -0.15) is 4.52 Å². The summed E-state index contributed by atoms with van der Waals surface area (Å²) in [6, 6.07) is 5.60. The fourth-order valence-corrected chi connectivity index (χ4v) is 4.30. The predicted molar refractivity (Wildman–Crippen MR) is 91.5 cm³/mol. The van der Waals surface area contributed by atoms with E-state index in [1.54, 1.807) is 11.3 Å². The minimum atomic E-state index is -0.148. The highest BCUT2D eigenvalue weighted by atomic mass is 32.1. The third-order valence-electron chi connectivity index (χ3n) is 3.81. The number of thiophene rings is 1. The van der Waals surface area contributed by atoms with E-state index in [2.05, 4.69) is 32.5 Å². The van der Waals surface area contributed by atoms with Crippen molar-refractivity contribution in [3.05, 3.63) is 45.0 Å². The first kappa shape index (κ1) is 14.8. The molecule has 0 aromatic carbocycles. The van der Waals surface area contributed by atoms with E-state index in [-0.39, 0.29) is 11.7 Å². The Morgan fingerprint density at radius 3 is 3.13 bits per heavy atom. The summed E-state index contributed by atoms with van der Waals surface area (Å²) in [5.41, 5.74) is -0.148. The summed E-state index contributed by atoms with van der Waals surface area (Å²) in [5, 5.41) is 7.35. The molecule has 0 aliphatic carbocycles. The molecule has 1 aliphatic heterocycles. The molecule has 1 atom stereocenters. The number of anilines is 1. The van der Waals surface area contributed by atoms with Gasteiger partial charge in [-0.25, -0.2) is 4.98 Å². The number of ether oxygens (including phenoxy) is 1. The molecule has 0 radical (unpaired) electrons. The number of nitrogens with zero attached hydrogens (tertiary/aromatic N) is 4. The molecule has 4 heterocycles. The summed E-state index contributed by atoms with van der Waals surface area (Å²) >= 11 is 3.16. The number of rotatable bonds is 5. The van der Waals surface area contributed by atoms with Crippen molar-refractivity contribution in [2.75, 3.05) is 18.1 Å². The smallest absolute Gasteiger partial charge is 0.275 e. The lowest BCUT2D eigenvalue weighted by atomic mass is 10.2. The summed E-state index contributed by atoms with van der Waals surface area (Å²) in [6.45, 7) is 2.39. The lowest BCUT2D eigenvalue weighted by Crippen LogP contribution is -2.31. The van der Waals surface area contributed by atoms with Crippen LogP contribution in [0.15, 0.2) is 34.6 Å². The molecule has 6 nitrogen and oxygen atoms in total. The fraction of sp³-hybridized carbons (Fsp3) is 0.400. The Bertz CT molecular complexity index is 837. The maximum Gasteiger partial charge on any atom is 0.275 e. The normalized spacial score (nSPS) is 17.8. The third kappa shape index (κ3) is 3.15. The molecular formula is C15H16N4O2S2. The van der Waals surface area contributed by atoms with Crippen molar-refractivity contribution < 1.29 is 4.74 Å². The summed E-state index contributed by atoms with van der Waals surface area (Å²) < 4.78 is 7.15. The molecule has 23 heavy (non-hydrogen) atoms. The summed E-state index contributed by atoms with van der Waals surface area (Å²) in [6.07, 6.45) is 3.94. The molecule has 1 unspecified atom stereocenters. The summed E-state index contributed by atoms with van der Waals surface area (Å²) in [7, 11) is 0. The Kier molecular flexibility index (Phi) is 4.11. The zero-order chi connectivity index (χ0) is 15.6. The number of aromatic nitrogens is 3. The second-order valence-electron chi connectivity index (χ2n) is 5.46. The van der Waals surface area contributed by atoms with Crippen molar-refractivity contribution in [3.63, 3.8) is 0 Å². The summed E-state index contributed by atoms with van der Waals surface area (Å²) in [5.74, 6) is 0.